The van der Waals surface area contributed by atoms with E-state index in [-0.39, 0.29) is 17.9 Å². The van der Waals surface area contributed by atoms with Crippen LogP contribution in [-0.4, -0.2) is 20.7 Å². The van der Waals surface area contributed by atoms with Gasteiger partial charge in [-0.1, -0.05) is 29.8 Å². The molecule has 31 heavy (non-hydrogen) atoms. The summed E-state index contributed by atoms with van der Waals surface area (Å²) in [6.45, 7) is 0.289. The minimum Gasteiger partial charge on any atom is -0.294 e. The van der Waals surface area contributed by atoms with Gasteiger partial charge in [-0.3, -0.25) is 9.10 Å². The van der Waals surface area contributed by atoms with Crippen molar-refractivity contribution >= 4 is 33.1 Å². The minimum atomic E-state index is -3.83. The van der Waals surface area contributed by atoms with Crippen LogP contribution in [0.4, 0.5) is 14.5 Å². The number of anilines is 1. The van der Waals surface area contributed by atoms with Crippen LogP contribution in [0.2, 0.25) is 5.02 Å². The number of fused-ring (bicyclic) bond motifs is 1. The van der Waals surface area contributed by atoms with Gasteiger partial charge in [0.15, 0.2) is 5.78 Å². The fraction of sp³-hybridized carbons (Fsp3) is 0.174. The van der Waals surface area contributed by atoms with Gasteiger partial charge >= 0.3 is 0 Å². The van der Waals surface area contributed by atoms with Gasteiger partial charge in [-0.25, -0.2) is 17.2 Å². The molecule has 0 amide bonds. The number of ketones is 1. The normalized spacial score (nSPS) is 13.7. The number of Topliss-reactive ketones (excluding diaryl/α,β-unsaturated/α-hetero) is 1. The van der Waals surface area contributed by atoms with Gasteiger partial charge in [0, 0.05) is 18.0 Å². The molecule has 3 aromatic carbocycles. The fourth-order valence-electron chi connectivity index (χ4n) is 3.72. The van der Waals surface area contributed by atoms with E-state index in [1.807, 2.05) is 0 Å². The van der Waals surface area contributed by atoms with Crippen LogP contribution in [0.15, 0.2) is 65.6 Å². The van der Waals surface area contributed by atoms with E-state index >= 15 is 0 Å². The van der Waals surface area contributed by atoms with Crippen LogP contribution in [0.1, 0.15) is 27.9 Å². The van der Waals surface area contributed by atoms with E-state index in [0.29, 0.717) is 29.1 Å². The summed E-state index contributed by atoms with van der Waals surface area (Å²) in [5, 5.41) is 0.430. The van der Waals surface area contributed by atoms with Crippen molar-refractivity contribution in [1.82, 2.24) is 0 Å². The van der Waals surface area contributed by atoms with E-state index in [9.17, 15) is 22.0 Å². The van der Waals surface area contributed by atoms with Crippen LogP contribution in [0.5, 0.6) is 0 Å². The lowest BCUT2D eigenvalue weighted by atomic mass is 9.97. The average molecular weight is 462 g/mol. The van der Waals surface area contributed by atoms with Crippen LogP contribution in [0.3, 0.4) is 0 Å². The molecule has 0 unspecified atom stereocenters. The van der Waals surface area contributed by atoms with Crippen LogP contribution < -0.4 is 4.31 Å². The van der Waals surface area contributed by atoms with Crippen LogP contribution in [-0.2, 0) is 22.9 Å². The second-order valence-electron chi connectivity index (χ2n) is 7.29. The Hall–Kier alpha value is -2.77. The Morgan fingerprint density at radius 2 is 1.68 bits per heavy atom. The first kappa shape index (κ1) is 21.5. The minimum absolute atomic E-state index is 0.111. The summed E-state index contributed by atoms with van der Waals surface area (Å²) in [5.74, 6) is -2.55. The van der Waals surface area contributed by atoms with Gasteiger partial charge in [0.05, 0.1) is 16.1 Å². The van der Waals surface area contributed by atoms with Gasteiger partial charge in [-0.15, -0.1) is 0 Å². The van der Waals surface area contributed by atoms with Crippen molar-refractivity contribution < 1.29 is 22.0 Å². The van der Waals surface area contributed by atoms with Crippen molar-refractivity contribution in [2.45, 2.75) is 24.2 Å². The predicted molar refractivity (Wildman–Crippen MR) is 115 cm³/mol. The summed E-state index contributed by atoms with van der Waals surface area (Å²) in [5.41, 5.74) is 1.19. The Morgan fingerprint density at radius 1 is 1.00 bits per heavy atom. The smallest absolute Gasteiger partial charge is 0.264 e. The molecule has 0 radical (unpaired) electrons. The number of nitrogens with zero attached hydrogens (tertiary/aromatic N) is 1. The summed E-state index contributed by atoms with van der Waals surface area (Å²) in [6.07, 6.45) is 1.09. The number of sulfonamides is 1. The molecular weight excluding hydrogens is 444 g/mol. The monoisotopic (exact) mass is 461 g/mol. The molecule has 8 heteroatoms. The summed E-state index contributed by atoms with van der Waals surface area (Å²) >= 11 is 5.88. The number of carbonyl (C=O) groups excluding carboxylic acids is 1. The van der Waals surface area contributed by atoms with Crippen molar-refractivity contribution in [3.05, 3.63) is 94.0 Å². The molecule has 0 bridgehead atoms. The van der Waals surface area contributed by atoms with Crippen molar-refractivity contribution in [2.24, 2.45) is 0 Å². The third-order valence-electron chi connectivity index (χ3n) is 5.23. The number of benzene rings is 3. The number of hydrogen-bond donors (Lipinski definition) is 0. The summed E-state index contributed by atoms with van der Waals surface area (Å²) in [6, 6.07) is 14.2. The first-order valence-electron chi connectivity index (χ1n) is 9.65. The Balaban J connectivity index is 1.68. The summed E-state index contributed by atoms with van der Waals surface area (Å²) < 4.78 is 55.7. The lowest BCUT2D eigenvalue weighted by Gasteiger charge is -2.31. The van der Waals surface area contributed by atoms with E-state index < -0.39 is 33.0 Å². The lowest BCUT2D eigenvalue weighted by Crippen LogP contribution is -2.35. The van der Waals surface area contributed by atoms with Crippen LogP contribution >= 0.6 is 11.6 Å². The maximum atomic E-state index is 14.0. The topological polar surface area (TPSA) is 54.5 Å². The largest absolute Gasteiger partial charge is 0.294 e. The van der Waals surface area contributed by atoms with Gasteiger partial charge in [0.25, 0.3) is 10.0 Å². The van der Waals surface area contributed by atoms with Gasteiger partial charge in [-0.2, -0.15) is 0 Å². The molecule has 0 saturated carbocycles. The molecule has 4 rings (SSSR count). The molecule has 0 aromatic heterocycles. The highest BCUT2D eigenvalue weighted by molar-refractivity contribution is 7.92. The Morgan fingerprint density at radius 3 is 2.35 bits per heavy atom. The molecule has 0 fully saturated rings. The van der Waals surface area contributed by atoms with Crippen LogP contribution in [0, 0.1) is 11.6 Å². The van der Waals surface area contributed by atoms with Crippen molar-refractivity contribution in [3.8, 4) is 0 Å². The zero-order valence-electron chi connectivity index (χ0n) is 16.3. The summed E-state index contributed by atoms with van der Waals surface area (Å²) in [7, 11) is -3.83. The Labute approximate surface area is 184 Å². The highest BCUT2D eigenvalue weighted by Gasteiger charge is 2.29. The summed E-state index contributed by atoms with van der Waals surface area (Å²) in [4.78, 5) is 12.6. The first-order valence-corrected chi connectivity index (χ1v) is 11.5. The van der Waals surface area contributed by atoms with Gasteiger partial charge in [-0.05, 0) is 66.4 Å². The fourth-order valence-corrected chi connectivity index (χ4v) is 5.38. The van der Waals surface area contributed by atoms with Crippen LogP contribution in [0.25, 0.3) is 0 Å². The van der Waals surface area contributed by atoms with E-state index in [0.717, 1.165) is 17.7 Å². The molecule has 3 aromatic rings. The zero-order valence-corrected chi connectivity index (χ0v) is 17.9. The van der Waals surface area contributed by atoms with E-state index in [1.165, 1.54) is 34.6 Å². The lowest BCUT2D eigenvalue weighted by molar-refractivity contribution is 0.0985. The molecule has 1 aliphatic heterocycles. The molecule has 4 nitrogen and oxygen atoms in total. The van der Waals surface area contributed by atoms with Crippen molar-refractivity contribution in [2.75, 3.05) is 10.8 Å². The maximum absolute atomic E-state index is 14.0. The molecule has 0 saturated heterocycles. The second-order valence-corrected chi connectivity index (χ2v) is 9.59. The number of halogens is 3. The van der Waals surface area contributed by atoms with Gasteiger partial charge in [0.2, 0.25) is 0 Å². The first-order chi connectivity index (χ1) is 14.8. The highest BCUT2D eigenvalue weighted by atomic mass is 35.5. The third kappa shape index (κ3) is 4.20. The standard InChI is InChI=1S/C23H18ClF2NO3S/c24-17-8-10-18(11-9-17)31(29,30)27-12-2-3-16-7-6-15(13-21(16)27)14-22(28)23-19(25)4-1-5-20(23)26/h1,4-11,13H,2-3,12,14H2. The predicted octanol–water partition coefficient (Wildman–Crippen LogP) is 5.19. The third-order valence-corrected chi connectivity index (χ3v) is 7.31. The van der Waals surface area contributed by atoms with Crippen molar-refractivity contribution in [3.63, 3.8) is 0 Å². The quantitative estimate of drug-likeness (QED) is 0.492. The van der Waals surface area contributed by atoms with Gasteiger partial charge in [0.1, 0.15) is 11.6 Å². The Kier molecular flexibility index (Phi) is 5.81. The highest BCUT2D eigenvalue weighted by Crippen LogP contribution is 2.33. The van der Waals surface area contributed by atoms with Crippen molar-refractivity contribution in [1.29, 1.82) is 0 Å². The zero-order chi connectivity index (χ0) is 22.2. The second kappa shape index (κ2) is 8.40. The molecule has 1 heterocycles. The number of carbonyl (C=O) groups is 1. The average Bonchev–Trinajstić information content (AvgIpc) is 2.73. The van der Waals surface area contributed by atoms with E-state index in [4.69, 9.17) is 11.6 Å². The number of rotatable bonds is 5. The number of hydrogen-bond acceptors (Lipinski definition) is 3. The molecule has 0 N–H and O–H groups in total. The molecule has 160 valence electrons. The maximum Gasteiger partial charge on any atom is 0.264 e. The van der Waals surface area contributed by atoms with E-state index in [1.54, 1.807) is 18.2 Å². The molecule has 0 aliphatic carbocycles. The SMILES string of the molecule is O=C(Cc1ccc2c(c1)N(S(=O)(=O)c1ccc(Cl)cc1)CCC2)c1c(F)cccc1F. The Bertz CT molecular complexity index is 1240. The molecule has 0 atom stereocenters. The number of aryl methyl sites for hydroxylation is 1. The van der Waals surface area contributed by atoms with E-state index in [2.05, 4.69) is 0 Å². The molecule has 1 aliphatic rings. The molecular formula is C23H18ClF2NO3S. The molecule has 0 spiro atoms. The van der Waals surface area contributed by atoms with Gasteiger partial charge < -0.3 is 0 Å².